The predicted molar refractivity (Wildman–Crippen MR) is 151 cm³/mol. The molecule has 4 aromatic rings. The number of fused-ring (bicyclic) bond motifs is 2. The third-order valence-corrected chi connectivity index (χ3v) is 7.68. The predicted octanol–water partition coefficient (Wildman–Crippen LogP) is -1.27. The number of hydrogen-bond donors (Lipinski definition) is 7. The van der Waals surface area contributed by atoms with Crippen molar-refractivity contribution in [3.63, 3.8) is 0 Å². The van der Waals surface area contributed by atoms with Crippen LogP contribution in [0.2, 0.25) is 0 Å². The average molecular weight is 641 g/mol. The van der Waals surface area contributed by atoms with Crippen LogP contribution in [0.5, 0.6) is 0 Å². The van der Waals surface area contributed by atoms with Gasteiger partial charge in [-0.05, 0) is 12.1 Å². The van der Waals surface area contributed by atoms with Crippen LogP contribution >= 0.6 is 8.38 Å². The number of aromatic nitrogens is 6. The Morgan fingerprint density at radius 3 is 1.86 bits per heavy atom. The highest BCUT2D eigenvalue weighted by Crippen LogP contribution is 2.38. The van der Waals surface area contributed by atoms with Gasteiger partial charge in [-0.3, -0.25) is 0 Å². The zero-order valence-corrected chi connectivity index (χ0v) is 24.4. The first-order valence-electron chi connectivity index (χ1n) is 13.1. The topological polar surface area (TPSA) is 270 Å². The van der Waals surface area contributed by atoms with E-state index in [0.717, 1.165) is 0 Å². The Balaban J connectivity index is 0.000000177. The molecule has 9 N–H and O–H groups in total. The lowest BCUT2D eigenvalue weighted by Crippen LogP contribution is -2.34. The second kappa shape index (κ2) is 13.9. The van der Waals surface area contributed by atoms with E-state index in [1.165, 1.54) is 26.9 Å². The van der Waals surface area contributed by atoms with Gasteiger partial charge in [-0.2, -0.15) is 9.56 Å². The van der Waals surface area contributed by atoms with Gasteiger partial charge < -0.3 is 64.9 Å². The van der Waals surface area contributed by atoms with Crippen LogP contribution in [0, 0.1) is 0 Å². The number of nitrogens with zero attached hydrogens (tertiary/aromatic N) is 6. The Labute approximate surface area is 250 Å². The van der Waals surface area contributed by atoms with E-state index in [4.69, 9.17) is 40.4 Å². The summed E-state index contributed by atoms with van der Waals surface area (Å²) in [5.41, 5.74) is 12.7. The molecule has 0 aromatic carbocycles. The molecule has 2 aliphatic rings. The van der Waals surface area contributed by atoms with E-state index >= 15 is 0 Å². The standard InChI is InChI=1S/C12H17N4O7P.C12H16N4O4/c1-20-8-7(18)12(22-23-24(19)5-17)21-11(8)16-3-2-6-9(13)14-4-15-10(6)16;1-19-9-8(18)7(4-17)20-12(9)16-3-2-6-10(13)14-5-15-11(6)16/h2-4,7-8,11-12,17-19H,5H2,1H3,(H2,13,14,15);2-3,5,7-9,12,17-18H,4H2,1H3,(H2,13,14,15)/t7?,8-,11+,12+,24?;7-,8?,9+,12-/m01/s1. The van der Waals surface area contributed by atoms with Gasteiger partial charge in [0.15, 0.2) is 12.5 Å². The Morgan fingerprint density at radius 2 is 1.36 bits per heavy atom. The lowest BCUT2D eigenvalue weighted by atomic mass is 10.1. The highest BCUT2D eigenvalue weighted by molar-refractivity contribution is 7.45. The number of hydrogen-bond acceptors (Lipinski definition) is 17. The second-order valence-corrected chi connectivity index (χ2v) is 10.8. The number of nitrogens with two attached hydrogens (primary N) is 2. The van der Waals surface area contributed by atoms with Gasteiger partial charge in [0, 0.05) is 26.6 Å². The second-order valence-electron chi connectivity index (χ2n) is 9.63. The van der Waals surface area contributed by atoms with Crippen LogP contribution in [0.3, 0.4) is 0 Å². The lowest BCUT2D eigenvalue weighted by molar-refractivity contribution is -0.332. The molecule has 9 atom stereocenters. The first-order valence-corrected chi connectivity index (χ1v) is 14.5. The number of methoxy groups -OCH3 is 2. The molecule has 2 saturated heterocycles. The molecule has 0 aliphatic carbocycles. The van der Waals surface area contributed by atoms with E-state index < -0.39 is 64.0 Å². The fourth-order valence-corrected chi connectivity index (χ4v) is 5.26. The van der Waals surface area contributed by atoms with Gasteiger partial charge in [-0.1, -0.05) is 0 Å². The highest BCUT2D eigenvalue weighted by atomic mass is 31.2. The Morgan fingerprint density at radius 1 is 0.841 bits per heavy atom. The molecule has 2 aliphatic heterocycles. The molecule has 0 spiro atoms. The van der Waals surface area contributed by atoms with E-state index in [2.05, 4.69) is 24.6 Å². The number of ether oxygens (including phenoxy) is 4. The summed E-state index contributed by atoms with van der Waals surface area (Å²) in [6.45, 7) is -0.284. The van der Waals surface area contributed by atoms with E-state index in [1.54, 1.807) is 33.7 Å². The van der Waals surface area contributed by atoms with Gasteiger partial charge in [0.25, 0.3) is 0 Å². The van der Waals surface area contributed by atoms with E-state index in [-0.39, 0.29) is 6.61 Å². The first-order chi connectivity index (χ1) is 21.2. The molecule has 3 unspecified atom stereocenters. The summed E-state index contributed by atoms with van der Waals surface area (Å²) < 4.78 is 29.8. The molecule has 0 bridgehead atoms. The van der Waals surface area contributed by atoms with Crippen molar-refractivity contribution in [3.8, 4) is 0 Å². The summed E-state index contributed by atoms with van der Waals surface area (Å²) in [5.74, 6) is 0.691. The third-order valence-electron chi connectivity index (χ3n) is 7.18. The van der Waals surface area contributed by atoms with Gasteiger partial charge in [0.2, 0.25) is 14.7 Å². The Hall–Kier alpha value is -3.17. The van der Waals surface area contributed by atoms with Crippen LogP contribution in [0.15, 0.2) is 37.2 Å². The van der Waals surface area contributed by atoms with Gasteiger partial charge in [-0.15, -0.1) is 0 Å². The van der Waals surface area contributed by atoms with E-state index in [1.807, 2.05) is 0 Å². The monoisotopic (exact) mass is 640 g/mol. The lowest BCUT2D eigenvalue weighted by Gasteiger charge is -2.20. The van der Waals surface area contributed by atoms with Crippen LogP contribution in [0.4, 0.5) is 11.6 Å². The van der Waals surface area contributed by atoms with Crippen molar-refractivity contribution >= 4 is 42.1 Å². The minimum Gasteiger partial charge on any atom is -0.394 e. The largest absolute Gasteiger partial charge is 0.394 e. The van der Waals surface area contributed by atoms with Crippen LogP contribution < -0.4 is 11.5 Å². The van der Waals surface area contributed by atoms with Gasteiger partial charge in [0.05, 0.1) is 17.4 Å². The van der Waals surface area contributed by atoms with Crippen molar-refractivity contribution in [1.29, 1.82) is 0 Å². The molecule has 2 fully saturated rings. The molecule has 20 heteroatoms. The zero-order chi connectivity index (χ0) is 31.5. The van der Waals surface area contributed by atoms with Crippen molar-refractivity contribution in [3.05, 3.63) is 37.2 Å². The zero-order valence-electron chi connectivity index (χ0n) is 23.5. The first kappa shape index (κ1) is 32.2. The van der Waals surface area contributed by atoms with Crippen molar-refractivity contribution in [2.45, 2.75) is 49.3 Å². The minimum absolute atomic E-state index is 0.284. The maximum Gasteiger partial charge on any atom is 0.232 e. The normalized spacial score (nSPS) is 29.2. The summed E-state index contributed by atoms with van der Waals surface area (Å²) in [6, 6.07) is 3.50. The minimum atomic E-state index is -2.17. The van der Waals surface area contributed by atoms with Crippen LogP contribution in [-0.2, 0) is 28.5 Å². The summed E-state index contributed by atoms with van der Waals surface area (Å²) in [7, 11) is 0.731. The van der Waals surface area contributed by atoms with Crippen LogP contribution in [0.25, 0.3) is 22.1 Å². The molecule has 0 radical (unpaired) electrons. The number of nitrogen functional groups attached to an aromatic ring is 2. The fourth-order valence-electron chi connectivity index (χ4n) is 5.03. The quantitative estimate of drug-likeness (QED) is 0.0638. The van der Waals surface area contributed by atoms with Crippen molar-refractivity contribution in [2.24, 2.45) is 0 Å². The number of rotatable bonds is 9. The van der Waals surface area contributed by atoms with Gasteiger partial charge in [-0.25, -0.2) is 19.9 Å². The van der Waals surface area contributed by atoms with E-state index in [9.17, 15) is 20.2 Å². The smallest absolute Gasteiger partial charge is 0.232 e. The Kier molecular flexibility index (Phi) is 10.2. The summed E-state index contributed by atoms with van der Waals surface area (Å²) >= 11 is 0. The number of aliphatic hydroxyl groups excluding tert-OH is 4. The van der Waals surface area contributed by atoms with Crippen molar-refractivity contribution in [1.82, 2.24) is 29.1 Å². The Bertz CT molecular complexity index is 1540. The molecule has 6 heterocycles. The molecule has 6 rings (SSSR count). The van der Waals surface area contributed by atoms with Gasteiger partial charge in [0.1, 0.15) is 72.5 Å². The SMILES string of the molecule is CO[C@H]1C(O)[C@@H](CO)O[C@H]1n1ccc2c(N)ncnc21.CO[C@H]1C(O)[C@@H](OOP(O)CO)O[C@H]1n1ccc2c(N)ncnc21. The number of anilines is 2. The van der Waals surface area contributed by atoms with Crippen molar-refractivity contribution in [2.75, 3.05) is 38.6 Å². The maximum absolute atomic E-state index is 10.3. The fraction of sp³-hybridized carbons (Fsp3) is 0.500. The summed E-state index contributed by atoms with van der Waals surface area (Å²) in [4.78, 5) is 30.3. The molecule has 0 amide bonds. The van der Waals surface area contributed by atoms with Crippen LogP contribution in [0.1, 0.15) is 12.5 Å². The molecule has 19 nitrogen and oxygen atoms in total. The molecule has 240 valence electrons. The molecule has 44 heavy (non-hydrogen) atoms. The highest BCUT2D eigenvalue weighted by Gasteiger charge is 2.47. The summed E-state index contributed by atoms with van der Waals surface area (Å²) in [5, 5.41) is 39.6. The molecule has 0 saturated carbocycles. The maximum atomic E-state index is 10.3. The van der Waals surface area contributed by atoms with Crippen molar-refractivity contribution < 1.29 is 53.8 Å². The molecule has 4 aromatic heterocycles. The average Bonchev–Trinajstić information content (AvgIpc) is 3.79. The molecular weight excluding hydrogens is 607 g/mol. The van der Waals surface area contributed by atoms with E-state index in [0.29, 0.717) is 33.7 Å². The summed E-state index contributed by atoms with van der Waals surface area (Å²) in [6.07, 6.45) is -1.26. The van der Waals surface area contributed by atoms with Gasteiger partial charge >= 0.3 is 0 Å². The van der Waals surface area contributed by atoms with Crippen LogP contribution in [-0.4, -0.2) is 118 Å². The third kappa shape index (κ3) is 6.05. The molecular formula is C24H33N8O11P. The number of aliphatic hydroxyl groups is 4.